The highest BCUT2D eigenvalue weighted by Crippen LogP contribution is 2.38. The van der Waals surface area contributed by atoms with Crippen molar-refractivity contribution in [3.05, 3.63) is 0 Å². The third-order valence-electron chi connectivity index (χ3n) is 11.5. The van der Waals surface area contributed by atoms with Gasteiger partial charge in [0.05, 0.1) is 6.61 Å². The number of Topliss-reactive ketones (excluding diaryl/α,β-unsaturated/α-hetero) is 2. The summed E-state index contributed by atoms with van der Waals surface area (Å²) in [6.07, 6.45) is 16.6. The third-order valence-corrected chi connectivity index (χ3v) is 11.5. The topological polar surface area (TPSA) is 205 Å². The minimum absolute atomic E-state index is 0.192. The summed E-state index contributed by atoms with van der Waals surface area (Å²) < 4.78 is 5.18. The Morgan fingerprint density at radius 3 is 1.26 bits per heavy atom. The number of carbonyl (C=O) groups excluding carboxylic acids is 2. The lowest BCUT2D eigenvalue weighted by Gasteiger charge is -2.50. The van der Waals surface area contributed by atoms with Gasteiger partial charge in [-0.05, 0) is 12.8 Å². The Morgan fingerprint density at radius 2 is 0.907 bits per heavy atom. The van der Waals surface area contributed by atoms with Gasteiger partial charge in [0.25, 0.3) is 0 Å². The van der Waals surface area contributed by atoms with E-state index in [9.17, 15) is 50.4 Å². The zero-order valence-corrected chi connectivity index (χ0v) is 34.2. The van der Waals surface area contributed by atoms with E-state index in [1.807, 2.05) is 0 Å². The van der Waals surface area contributed by atoms with E-state index < -0.39 is 66.2 Å². The number of aliphatic hydroxyl groups is 8. The van der Waals surface area contributed by atoms with Crippen LogP contribution in [-0.4, -0.2) is 107 Å². The van der Waals surface area contributed by atoms with Crippen LogP contribution in [0.15, 0.2) is 0 Å². The lowest BCUT2D eigenvalue weighted by atomic mass is 9.74. The fraction of sp³-hybridized carbons (Fsp3) is 0.953. The van der Waals surface area contributed by atoms with Crippen molar-refractivity contribution >= 4 is 11.6 Å². The van der Waals surface area contributed by atoms with Gasteiger partial charge in [0.15, 0.2) is 23.3 Å². The molecule has 11 heteroatoms. The molecule has 1 saturated heterocycles. The van der Waals surface area contributed by atoms with Crippen LogP contribution >= 0.6 is 0 Å². The quantitative estimate of drug-likeness (QED) is 0.0324. The smallest absolute Gasteiger partial charge is 0.225 e. The van der Waals surface area contributed by atoms with E-state index in [4.69, 9.17) is 4.74 Å². The second-order valence-electron chi connectivity index (χ2n) is 16.2. The predicted molar refractivity (Wildman–Crippen MR) is 212 cm³/mol. The van der Waals surface area contributed by atoms with Gasteiger partial charge >= 0.3 is 0 Å². The molecule has 1 aliphatic heterocycles. The average Bonchev–Trinajstić information content (AvgIpc) is 3.17. The highest BCUT2D eigenvalue weighted by molar-refractivity contribution is 5.96. The molecule has 54 heavy (non-hydrogen) atoms. The highest BCUT2D eigenvalue weighted by Gasteiger charge is 2.65. The third kappa shape index (κ3) is 18.1. The van der Waals surface area contributed by atoms with Gasteiger partial charge in [-0.2, -0.15) is 0 Å². The van der Waals surface area contributed by atoms with Gasteiger partial charge in [0, 0.05) is 12.8 Å². The molecule has 4 unspecified atom stereocenters. The molecule has 0 radical (unpaired) electrons. The van der Waals surface area contributed by atoms with Gasteiger partial charge in [-0.1, -0.05) is 181 Å². The first kappa shape index (κ1) is 51.0. The molecule has 1 fully saturated rings. The van der Waals surface area contributed by atoms with Gasteiger partial charge in [-0.25, -0.2) is 0 Å². The Labute approximate surface area is 327 Å². The lowest BCUT2D eigenvalue weighted by Crippen LogP contribution is -2.76. The predicted octanol–water partition coefficient (Wildman–Crippen LogP) is 6.48. The largest absolute Gasteiger partial charge is 0.394 e. The maximum atomic E-state index is 13.6. The van der Waals surface area contributed by atoms with Crippen molar-refractivity contribution in [2.45, 2.75) is 254 Å². The maximum Gasteiger partial charge on any atom is 0.225 e. The summed E-state index contributed by atoms with van der Waals surface area (Å²) >= 11 is 0. The number of ether oxygens (including phenoxy) is 1. The monoisotopic (exact) mass is 775 g/mol. The summed E-state index contributed by atoms with van der Waals surface area (Å²) in [6, 6.07) is 0. The fourth-order valence-corrected chi connectivity index (χ4v) is 7.73. The molecule has 0 aromatic rings. The van der Waals surface area contributed by atoms with Crippen LogP contribution in [-0.2, 0) is 14.3 Å². The standard InChI is InChI=1S/C43H82O11/c1-3-5-7-9-11-13-15-17-18-20-22-24-26-28-30-32-36(46)42(52,41(51)43(53)40(50)38(48)37(47)35(33-44)54-43)39(49)34(45)31-29-27-25-23-21-19-16-14-12-10-8-6-4-2/h35,37-41,44,47-53H,3-33H2,1-2H3/t35-,37-,38+,39?,40-,41?,42?,43?/m1/s1. The van der Waals surface area contributed by atoms with Gasteiger partial charge < -0.3 is 45.6 Å². The number of aliphatic hydroxyl groups excluding tert-OH is 6. The van der Waals surface area contributed by atoms with Crippen LogP contribution in [0.25, 0.3) is 0 Å². The second kappa shape index (κ2) is 30.1. The van der Waals surface area contributed by atoms with E-state index in [0.29, 0.717) is 19.3 Å². The van der Waals surface area contributed by atoms with Gasteiger partial charge in [0.2, 0.25) is 5.79 Å². The minimum Gasteiger partial charge on any atom is -0.394 e. The first-order valence-corrected chi connectivity index (χ1v) is 22.1. The highest BCUT2D eigenvalue weighted by atomic mass is 16.7. The Hall–Kier alpha value is -1.02. The average molecular weight is 775 g/mol. The SMILES string of the molecule is CCCCCCCCCCCCCCCCCC(=O)C(O)(C(O)C(=O)CCCCCCCCCCCCCCC)C(O)C1(O)O[C@H](CO)[C@@H](O)[C@H](O)[C@H]1O. The molecule has 0 aromatic heterocycles. The van der Waals surface area contributed by atoms with Gasteiger partial charge in [0.1, 0.15) is 30.5 Å². The van der Waals surface area contributed by atoms with E-state index in [1.165, 1.54) is 103 Å². The van der Waals surface area contributed by atoms with E-state index in [2.05, 4.69) is 13.8 Å². The molecule has 11 nitrogen and oxygen atoms in total. The Bertz CT molecular complexity index is 948. The normalized spacial score (nSPS) is 24.0. The molecule has 1 heterocycles. The molecule has 1 rings (SSSR count). The van der Waals surface area contributed by atoms with Crippen molar-refractivity contribution in [1.82, 2.24) is 0 Å². The molecule has 8 N–H and O–H groups in total. The van der Waals surface area contributed by atoms with Crippen molar-refractivity contribution in [2.24, 2.45) is 0 Å². The molecule has 320 valence electrons. The first-order valence-electron chi connectivity index (χ1n) is 22.1. The molecular weight excluding hydrogens is 692 g/mol. The number of hydrogen-bond acceptors (Lipinski definition) is 11. The number of unbranched alkanes of at least 4 members (excludes halogenated alkanes) is 26. The van der Waals surface area contributed by atoms with E-state index in [0.717, 1.165) is 51.4 Å². The fourth-order valence-electron chi connectivity index (χ4n) is 7.73. The zero-order valence-electron chi connectivity index (χ0n) is 34.2. The van der Waals surface area contributed by atoms with Crippen LogP contribution in [0.1, 0.15) is 206 Å². The van der Waals surface area contributed by atoms with Crippen molar-refractivity contribution in [1.29, 1.82) is 0 Å². The molecule has 0 spiro atoms. The number of rotatable bonds is 36. The van der Waals surface area contributed by atoms with E-state index in [1.54, 1.807) is 0 Å². The lowest BCUT2D eigenvalue weighted by molar-refractivity contribution is -0.391. The van der Waals surface area contributed by atoms with Crippen molar-refractivity contribution in [2.75, 3.05) is 6.61 Å². The van der Waals surface area contributed by atoms with Crippen LogP contribution in [0.4, 0.5) is 0 Å². The summed E-state index contributed by atoms with van der Waals surface area (Å²) in [4.78, 5) is 26.9. The van der Waals surface area contributed by atoms with Crippen LogP contribution in [0.5, 0.6) is 0 Å². The Kier molecular flexibility index (Phi) is 28.4. The molecule has 0 amide bonds. The molecule has 8 atom stereocenters. The minimum atomic E-state index is -3.32. The van der Waals surface area contributed by atoms with Crippen LogP contribution in [0.2, 0.25) is 0 Å². The zero-order chi connectivity index (χ0) is 40.2. The van der Waals surface area contributed by atoms with Crippen LogP contribution < -0.4 is 0 Å². The number of hydrogen-bond donors (Lipinski definition) is 8. The summed E-state index contributed by atoms with van der Waals surface area (Å²) in [5.41, 5.74) is -3.30. The molecule has 0 aromatic carbocycles. The van der Waals surface area contributed by atoms with E-state index in [-0.39, 0.29) is 19.3 Å². The molecule has 0 aliphatic carbocycles. The first-order chi connectivity index (χ1) is 25.9. The van der Waals surface area contributed by atoms with E-state index >= 15 is 0 Å². The summed E-state index contributed by atoms with van der Waals surface area (Å²) in [6.45, 7) is 3.49. The Morgan fingerprint density at radius 1 is 0.574 bits per heavy atom. The molecular formula is C43H82O11. The van der Waals surface area contributed by atoms with Crippen molar-refractivity contribution in [3.8, 4) is 0 Å². The molecule has 0 bridgehead atoms. The van der Waals surface area contributed by atoms with Crippen molar-refractivity contribution in [3.63, 3.8) is 0 Å². The molecule has 0 saturated carbocycles. The van der Waals surface area contributed by atoms with Gasteiger partial charge in [-0.15, -0.1) is 0 Å². The van der Waals surface area contributed by atoms with Crippen LogP contribution in [0, 0.1) is 0 Å². The summed E-state index contributed by atoms with van der Waals surface area (Å²) in [5.74, 6) is -5.36. The van der Waals surface area contributed by atoms with Crippen LogP contribution in [0.3, 0.4) is 0 Å². The Balaban J connectivity index is 2.68. The maximum absolute atomic E-state index is 13.6. The number of carbonyl (C=O) groups is 2. The molecule has 1 aliphatic rings. The second-order valence-corrected chi connectivity index (χ2v) is 16.2. The number of ketones is 2. The van der Waals surface area contributed by atoms with Crippen molar-refractivity contribution < 1.29 is 55.2 Å². The summed E-state index contributed by atoms with van der Waals surface area (Å²) in [7, 11) is 0. The summed E-state index contributed by atoms with van der Waals surface area (Å²) in [5, 5.41) is 86.3. The van der Waals surface area contributed by atoms with Gasteiger partial charge in [-0.3, -0.25) is 9.59 Å².